The molecule has 4 aliphatic rings. The average molecular weight is 431 g/mol. The first kappa shape index (κ1) is 20.3. The average Bonchev–Trinajstić information content (AvgIpc) is 3.34. The summed E-state index contributed by atoms with van der Waals surface area (Å²) in [4.78, 5) is 16.2. The van der Waals surface area contributed by atoms with Gasteiger partial charge in [-0.1, -0.05) is 43.7 Å². The molecule has 2 saturated carbocycles. The van der Waals surface area contributed by atoms with E-state index in [9.17, 15) is 4.79 Å². The van der Waals surface area contributed by atoms with Crippen LogP contribution in [0, 0.1) is 28.6 Å². The van der Waals surface area contributed by atoms with Crippen LogP contribution in [0.4, 0.5) is 0 Å². The maximum absolute atomic E-state index is 11.5. The summed E-state index contributed by atoms with van der Waals surface area (Å²) in [6.45, 7) is 6.56. The summed E-state index contributed by atoms with van der Waals surface area (Å²) >= 11 is 0. The summed E-state index contributed by atoms with van der Waals surface area (Å²) in [5, 5.41) is 0. The maximum atomic E-state index is 11.5. The van der Waals surface area contributed by atoms with Gasteiger partial charge in [-0.3, -0.25) is 4.79 Å². The number of allylic oxidation sites excluding steroid dienone is 3. The van der Waals surface area contributed by atoms with E-state index < -0.39 is 0 Å². The number of ether oxygens (including phenoxy) is 1. The fourth-order valence-electron chi connectivity index (χ4n) is 8.03. The molecule has 0 aliphatic heterocycles. The zero-order valence-corrected chi connectivity index (χ0v) is 19.5. The van der Waals surface area contributed by atoms with Crippen molar-refractivity contribution in [2.45, 2.75) is 71.8 Å². The van der Waals surface area contributed by atoms with Crippen molar-refractivity contribution >= 4 is 22.7 Å². The maximum Gasteiger partial charge on any atom is 0.302 e. The van der Waals surface area contributed by atoms with E-state index in [0.717, 1.165) is 36.6 Å². The van der Waals surface area contributed by atoms with Crippen molar-refractivity contribution in [3.05, 3.63) is 48.3 Å². The number of esters is 1. The molecule has 6 unspecified atom stereocenters. The van der Waals surface area contributed by atoms with E-state index in [2.05, 4.69) is 59.8 Å². The Morgan fingerprint density at radius 2 is 1.88 bits per heavy atom. The van der Waals surface area contributed by atoms with Crippen LogP contribution in [0.15, 0.2) is 48.3 Å². The number of fused-ring (bicyclic) bond motifs is 6. The molecule has 1 aromatic carbocycles. The van der Waals surface area contributed by atoms with Crippen LogP contribution in [-0.2, 0) is 9.53 Å². The van der Waals surface area contributed by atoms with Gasteiger partial charge in [0.2, 0.25) is 0 Å². The van der Waals surface area contributed by atoms with Crippen molar-refractivity contribution in [3.63, 3.8) is 0 Å². The molecule has 4 nitrogen and oxygen atoms in total. The molecule has 168 valence electrons. The lowest BCUT2D eigenvalue weighted by molar-refractivity contribution is -0.148. The number of hydrogen-bond donors (Lipinski definition) is 0. The highest BCUT2D eigenvalue weighted by Gasteiger charge is 2.57. The molecule has 6 atom stereocenters. The summed E-state index contributed by atoms with van der Waals surface area (Å²) in [7, 11) is 0. The van der Waals surface area contributed by atoms with Gasteiger partial charge in [0.15, 0.2) is 0 Å². The quantitative estimate of drug-likeness (QED) is 0.410. The minimum Gasteiger partial charge on any atom is -0.462 e. The molecule has 0 N–H and O–H groups in total. The highest BCUT2D eigenvalue weighted by Crippen LogP contribution is 2.65. The normalized spacial score (nSPS) is 38.3. The number of aromatic nitrogens is 2. The SMILES string of the molecule is CC(=O)OC1CCC2(C)C(=CCC3C2CCC2(C)C(n4cnc5ccccc54)=CCC32)C1. The number of hydrogen-bond acceptors (Lipinski definition) is 3. The van der Waals surface area contributed by atoms with Crippen molar-refractivity contribution in [3.8, 4) is 0 Å². The lowest BCUT2D eigenvalue weighted by Gasteiger charge is -2.57. The summed E-state index contributed by atoms with van der Waals surface area (Å²) in [6.07, 6.45) is 15.1. The monoisotopic (exact) mass is 430 g/mol. The molecule has 6 rings (SSSR count). The minimum atomic E-state index is -0.141. The predicted molar refractivity (Wildman–Crippen MR) is 127 cm³/mol. The molecule has 4 heteroatoms. The zero-order chi connectivity index (χ0) is 22.1. The molecule has 2 aromatic rings. The first-order valence-corrected chi connectivity index (χ1v) is 12.4. The lowest BCUT2D eigenvalue weighted by atomic mass is 9.47. The van der Waals surface area contributed by atoms with Gasteiger partial charge in [0, 0.05) is 24.5 Å². The Morgan fingerprint density at radius 1 is 1.06 bits per heavy atom. The first-order chi connectivity index (χ1) is 15.4. The van der Waals surface area contributed by atoms with E-state index in [1.165, 1.54) is 43.8 Å². The van der Waals surface area contributed by atoms with E-state index in [0.29, 0.717) is 5.92 Å². The molecular formula is C28H34N2O2. The Balaban J connectivity index is 1.30. The van der Waals surface area contributed by atoms with E-state index in [1.807, 2.05) is 6.33 Å². The fourth-order valence-corrected chi connectivity index (χ4v) is 8.03. The molecule has 2 fully saturated rings. The van der Waals surface area contributed by atoms with Gasteiger partial charge in [-0.25, -0.2) is 4.98 Å². The van der Waals surface area contributed by atoms with Gasteiger partial charge in [0.1, 0.15) is 12.4 Å². The van der Waals surface area contributed by atoms with Gasteiger partial charge < -0.3 is 9.30 Å². The topological polar surface area (TPSA) is 44.1 Å². The third kappa shape index (κ3) is 2.80. The smallest absolute Gasteiger partial charge is 0.302 e. The van der Waals surface area contributed by atoms with E-state index in [4.69, 9.17) is 4.74 Å². The van der Waals surface area contributed by atoms with E-state index >= 15 is 0 Å². The molecule has 0 bridgehead atoms. The van der Waals surface area contributed by atoms with E-state index in [-0.39, 0.29) is 22.9 Å². The highest BCUT2D eigenvalue weighted by molar-refractivity contribution is 5.80. The molecule has 0 spiro atoms. The predicted octanol–water partition coefficient (Wildman–Crippen LogP) is 6.38. The minimum absolute atomic E-state index is 0.0755. The van der Waals surface area contributed by atoms with Crippen LogP contribution < -0.4 is 0 Å². The Morgan fingerprint density at radius 3 is 2.72 bits per heavy atom. The summed E-state index contributed by atoms with van der Waals surface area (Å²) in [6, 6.07) is 8.50. The summed E-state index contributed by atoms with van der Waals surface area (Å²) in [5.41, 5.74) is 5.81. The van der Waals surface area contributed by atoms with Crippen LogP contribution in [0.1, 0.15) is 65.7 Å². The van der Waals surface area contributed by atoms with Crippen molar-refractivity contribution in [1.82, 2.24) is 9.55 Å². The van der Waals surface area contributed by atoms with Crippen LogP contribution in [-0.4, -0.2) is 21.6 Å². The van der Waals surface area contributed by atoms with Gasteiger partial charge in [-0.05, 0) is 73.8 Å². The number of benzene rings is 1. The van der Waals surface area contributed by atoms with Gasteiger partial charge >= 0.3 is 5.97 Å². The van der Waals surface area contributed by atoms with Crippen LogP contribution in [0.3, 0.4) is 0 Å². The van der Waals surface area contributed by atoms with Crippen molar-refractivity contribution < 1.29 is 9.53 Å². The number of imidazole rings is 1. The fraction of sp³-hybridized carbons (Fsp3) is 0.571. The zero-order valence-electron chi connectivity index (χ0n) is 19.5. The Hall–Kier alpha value is -2.36. The number of carbonyl (C=O) groups excluding carboxylic acids is 1. The second kappa shape index (κ2) is 7.07. The number of carbonyl (C=O) groups is 1. The van der Waals surface area contributed by atoms with Gasteiger partial charge in [-0.2, -0.15) is 0 Å². The van der Waals surface area contributed by atoms with Crippen molar-refractivity contribution in [2.75, 3.05) is 0 Å². The van der Waals surface area contributed by atoms with E-state index in [1.54, 1.807) is 5.57 Å². The molecule has 0 amide bonds. The molecule has 1 heterocycles. The molecule has 0 saturated heterocycles. The van der Waals surface area contributed by atoms with Crippen LogP contribution in [0.5, 0.6) is 0 Å². The van der Waals surface area contributed by atoms with Gasteiger partial charge in [-0.15, -0.1) is 0 Å². The number of nitrogens with zero attached hydrogens (tertiary/aromatic N) is 2. The molecule has 32 heavy (non-hydrogen) atoms. The molecule has 0 radical (unpaired) electrons. The Labute approximate surface area is 190 Å². The summed E-state index contributed by atoms with van der Waals surface area (Å²) < 4.78 is 7.97. The standard InChI is InChI=1S/C28H34N2O2/c1-18(31)32-20-12-14-27(2)19(16-20)8-9-21-22-10-11-26(28(22,3)15-13-23(21)27)30-17-29-24-6-4-5-7-25(24)30/h4-8,11,17,20-23H,9-10,12-16H2,1-3H3. The van der Waals surface area contributed by atoms with Crippen molar-refractivity contribution in [2.24, 2.45) is 28.6 Å². The van der Waals surface area contributed by atoms with Crippen molar-refractivity contribution in [1.29, 1.82) is 0 Å². The largest absolute Gasteiger partial charge is 0.462 e. The molecular weight excluding hydrogens is 396 g/mol. The Bertz CT molecular complexity index is 1140. The molecule has 4 aliphatic carbocycles. The third-order valence-electron chi connectivity index (χ3n) is 9.64. The number of rotatable bonds is 2. The third-order valence-corrected chi connectivity index (χ3v) is 9.64. The lowest BCUT2D eigenvalue weighted by Crippen LogP contribution is -2.50. The van der Waals surface area contributed by atoms with Crippen LogP contribution >= 0.6 is 0 Å². The molecule has 1 aromatic heterocycles. The summed E-state index contributed by atoms with van der Waals surface area (Å²) in [5.74, 6) is 2.03. The second-order valence-corrected chi connectivity index (χ2v) is 11.1. The Kier molecular flexibility index (Phi) is 4.48. The van der Waals surface area contributed by atoms with Gasteiger partial charge in [0.05, 0.1) is 11.0 Å². The van der Waals surface area contributed by atoms with Crippen LogP contribution in [0.2, 0.25) is 0 Å². The second-order valence-electron chi connectivity index (χ2n) is 11.1. The van der Waals surface area contributed by atoms with Crippen LogP contribution in [0.25, 0.3) is 16.7 Å². The highest BCUT2D eigenvalue weighted by atomic mass is 16.5. The van der Waals surface area contributed by atoms with Gasteiger partial charge in [0.25, 0.3) is 0 Å². The number of para-hydroxylation sites is 2. The first-order valence-electron chi connectivity index (χ1n) is 12.4.